The standard InChI is InChI=1S/C22H27BF3NO3/c1-19(2)20(3,4)30-23(29-19)16-11-14(16)13-6-7-15-17(10-13)27(12-22(24,25)26)18(28)21(15)8-5-9-21/h6-7,10,14,16H,5,8-9,11-12H2,1-4H3/t14-,16+/m1/s1. The molecule has 1 amide bonds. The molecule has 0 aromatic heterocycles. The topological polar surface area (TPSA) is 38.8 Å². The van der Waals surface area contributed by atoms with Crippen LogP contribution in [0.2, 0.25) is 5.82 Å². The van der Waals surface area contributed by atoms with E-state index < -0.39 is 35.2 Å². The first-order valence-electron chi connectivity index (χ1n) is 10.7. The van der Waals surface area contributed by atoms with Gasteiger partial charge in [-0.15, -0.1) is 0 Å². The van der Waals surface area contributed by atoms with E-state index >= 15 is 0 Å². The van der Waals surface area contributed by atoms with Crippen molar-refractivity contribution < 1.29 is 27.3 Å². The molecule has 0 bridgehead atoms. The molecule has 3 fully saturated rings. The number of carbonyl (C=O) groups excluding carboxylic acids is 1. The summed E-state index contributed by atoms with van der Waals surface area (Å²) in [4.78, 5) is 13.9. The Balaban J connectivity index is 1.42. The molecule has 4 nitrogen and oxygen atoms in total. The van der Waals surface area contributed by atoms with Gasteiger partial charge in [-0.1, -0.05) is 18.6 Å². The first-order valence-corrected chi connectivity index (χ1v) is 10.7. The third-order valence-corrected chi connectivity index (χ3v) is 7.92. The van der Waals surface area contributed by atoms with Crippen LogP contribution in [0.3, 0.4) is 0 Å². The average molecular weight is 421 g/mol. The number of hydrogen-bond acceptors (Lipinski definition) is 3. The lowest BCUT2D eigenvalue weighted by Gasteiger charge is -2.37. The number of carbonyl (C=O) groups is 1. The van der Waals surface area contributed by atoms with Crippen LogP contribution in [0.5, 0.6) is 0 Å². The highest BCUT2D eigenvalue weighted by Crippen LogP contribution is 2.60. The van der Waals surface area contributed by atoms with Crippen molar-refractivity contribution in [2.24, 2.45) is 0 Å². The summed E-state index contributed by atoms with van der Waals surface area (Å²) in [6, 6.07) is 5.68. The molecule has 2 aliphatic carbocycles. The zero-order valence-corrected chi connectivity index (χ0v) is 17.8. The maximum Gasteiger partial charge on any atom is 0.461 e. The van der Waals surface area contributed by atoms with Crippen LogP contribution in [0.25, 0.3) is 0 Å². The maximum atomic E-state index is 13.2. The lowest BCUT2D eigenvalue weighted by atomic mass is 9.65. The van der Waals surface area contributed by atoms with E-state index in [9.17, 15) is 18.0 Å². The first-order chi connectivity index (χ1) is 13.8. The van der Waals surface area contributed by atoms with E-state index in [4.69, 9.17) is 9.31 Å². The van der Waals surface area contributed by atoms with Gasteiger partial charge in [0, 0.05) is 11.5 Å². The number of rotatable bonds is 3. The Morgan fingerprint density at radius 1 is 1.13 bits per heavy atom. The largest absolute Gasteiger partial charge is 0.461 e. The number of amides is 1. The summed E-state index contributed by atoms with van der Waals surface area (Å²) in [5.74, 6) is -0.0442. The van der Waals surface area contributed by atoms with Crippen LogP contribution < -0.4 is 4.90 Å². The van der Waals surface area contributed by atoms with Gasteiger partial charge in [0.15, 0.2) is 0 Å². The summed E-state index contributed by atoms with van der Waals surface area (Å²) in [6.45, 7) is 6.82. The molecule has 2 saturated carbocycles. The Hall–Kier alpha value is -1.54. The van der Waals surface area contributed by atoms with E-state index in [2.05, 4.69) is 0 Å². The molecule has 0 N–H and O–H groups in total. The second kappa shape index (κ2) is 6.03. The van der Waals surface area contributed by atoms with Gasteiger partial charge in [0.05, 0.1) is 16.6 Å². The van der Waals surface area contributed by atoms with Crippen molar-refractivity contribution in [1.82, 2.24) is 0 Å². The second-order valence-electron chi connectivity index (χ2n) is 10.3. The zero-order chi connectivity index (χ0) is 21.7. The van der Waals surface area contributed by atoms with Crippen LogP contribution in [-0.2, 0) is 19.5 Å². The van der Waals surface area contributed by atoms with E-state index in [1.165, 1.54) is 0 Å². The quantitative estimate of drug-likeness (QED) is 0.648. The zero-order valence-electron chi connectivity index (χ0n) is 17.8. The van der Waals surface area contributed by atoms with E-state index in [1.54, 1.807) is 0 Å². The van der Waals surface area contributed by atoms with Gasteiger partial charge in [-0.25, -0.2) is 0 Å². The summed E-state index contributed by atoms with van der Waals surface area (Å²) >= 11 is 0. The monoisotopic (exact) mass is 421 g/mol. The third-order valence-electron chi connectivity index (χ3n) is 7.92. The van der Waals surface area contributed by atoms with Crippen LogP contribution in [0, 0.1) is 0 Å². The fourth-order valence-electron chi connectivity index (χ4n) is 5.20. The van der Waals surface area contributed by atoms with E-state index in [1.807, 2.05) is 45.9 Å². The number of anilines is 1. The predicted octanol–water partition coefficient (Wildman–Crippen LogP) is 4.97. The Bertz CT molecular complexity index is 893. The summed E-state index contributed by atoms with van der Waals surface area (Å²) < 4.78 is 51.9. The molecule has 2 atom stereocenters. The van der Waals surface area contributed by atoms with Crippen molar-refractivity contribution in [2.45, 2.75) is 87.9 Å². The van der Waals surface area contributed by atoms with Gasteiger partial charge < -0.3 is 14.2 Å². The lowest BCUT2D eigenvalue weighted by molar-refractivity contribution is -0.136. The summed E-state index contributed by atoms with van der Waals surface area (Å²) in [7, 11) is -0.320. The summed E-state index contributed by atoms with van der Waals surface area (Å²) in [5, 5.41) is 0. The molecule has 2 aliphatic heterocycles. The van der Waals surface area contributed by atoms with Crippen molar-refractivity contribution in [3.8, 4) is 0 Å². The Morgan fingerprint density at radius 2 is 1.77 bits per heavy atom. The molecule has 1 aromatic rings. The SMILES string of the molecule is CC1(C)OB([C@H]2C[C@@H]2c2ccc3c(c2)N(CC(F)(F)F)C(=O)C32CCC2)OC1(C)C. The minimum atomic E-state index is -4.43. The average Bonchev–Trinajstić information content (AvgIpc) is 3.29. The van der Waals surface area contributed by atoms with Gasteiger partial charge in [-0.3, -0.25) is 4.79 Å². The third kappa shape index (κ3) is 2.86. The van der Waals surface area contributed by atoms with Gasteiger partial charge in [0.1, 0.15) is 6.54 Å². The van der Waals surface area contributed by atoms with Crippen molar-refractivity contribution in [2.75, 3.05) is 11.4 Å². The van der Waals surface area contributed by atoms with Crippen molar-refractivity contribution in [3.05, 3.63) is 29.3 Å². The van der Waals surface area contributed by atoms with E-state index in [0.29, 0.717) is 18.5 Å². The second-order valence-corrected chi connectivity index (χ2v) is 10.3. The summed E-state index contributed by atoms with van der Waals surface area (Å²) in [6.07, 6.45) is -1.42. The molecule has 2 heterocycles. The van der Waals surface area contributed by atoms with Crippen molar-refractivity contribution >= 4 is 18.7 Å². The number of fused-ring (bicyclic) bond motifs is 2. The molecule has 1 spiro atoms. The highest BCUT2D eigenvalue weighted by Gasteiger charge is 2.61. The number of halogens is 3. The van der Waals surface area contributed by atoms with E-state index in [0.717, 1.165) is 28.9 Å². The van der Waals surface area contributed by atoms with Gasteiger partial charge >= 0.3 is 13.3 Å². The van der Waals surface area contributed by atoms with Crippen molar-refractivity contribution in [3.63, 3.8) is 0 Å². The molecular formula is C22H27BF3NO3. The van der Waals surface area contributed by atoms with Gasteiger partial charge in [-0.05, 0) is 70.1 Å². The van der Waals surface area contributed by atoms with Gasteiger partial charge in [-0.2, -0.15) is 13.2 Å². The van der Waals surface area contributed by atoms with Crippen LogP contribution in [-0.4, -0.2) is 36.9 Å². The minimum absolute atomic E-state index is 0.172. The van der Waals surface area contributed by atoms with Crippen LogP contribution in [0.15, 0.2) is 18.2 Å². The molecule has 4 aliphatic rings. The predicted molar refractivity (Wildman–Crippen MR) is 108 cm³/mol. The van der Waals surface area contributed by atoms with Gasteiger partial charge in [0.2, 0.25) is 5.91 Å². The molecule has 1 aromatic carbocycles. The maximum absolute atomic E-state index is 13.2. The first kappa shape index (κ1) is 20.4. The highest BCUT2D eigenvalue weighted by molar-refractivity contribution is 6.49. The number of alkyl halides is 3. The molecule has 5 rings (SSSR count). The number of hydrogen-bond donors (Lipinski definition) is 0. The molecule has 162 valence electrons. The normalized spacial score (nSPS) is 30.6. The Kier molecular flexibility index (Phi) is 4.10. The molecule has 0 radical (unpaired) electrons. The number of nitrogens with zero attached hydrogens (tertiary/aromatic N) is 1. The summed E-state index contributed by atoms with van der Waals surface area (Å²) in [5.41, 5.74) is 0.608. The van der Waals surface area contributed by atoms with Crippen molar-refractivity contribution in [1.29, 1.82) is 0 Å². The van der Waals surface area contributed by atoms with Gasteiger partial charge in [0.25, 0.3) is 0 Å². The molecule has 30 heavy (non-hydrogen) atoms. The minimum Gasteiger partial charge on any atom is -0.403 e. The Morgan fingerprint density at radius 3 is 2.30 bits per heavy atom. The fraction of sp³-hybridized carbons (Fsp3) is 0.682. The Labute approximate surface area is 175 Å². The smallest absolute Gasteiger partial charge is 0.403 e. The highest BCUT2D eigenvalue weighted by atomic mass is 19.4. The van der Waals surface area contributed by atoms with Crippen LogP contribution in [0.1, 0.15) is 70.4 Å². The molecule has 8 heteroatoms. The molecule has 1 saturated heterocycles. The number of benzene rings is 1. The van der Waals surface area contributed by atoms with E-state index in [-0.39, 0.29) is 18.9 Å². The van der Waals surface area contributed by atoms with Crippen LogP contribution >= 0.6 is 0 Å². The molecule has 0 unspecified atom stereocenters. The fourth-order valence-corrected chi connectivity index (χ4v) is 5.20. The lowest BCUT2D eigenvalue weighted by Crippen LogP contribution is -2.47. The molecular weight excluding hydrogens is 394 g/mol. The van der Waals surface area contributed by atoms with Crippen LogP contribution in [0.4, 0.5) is 18.9 Å².